The first-order valence-corrected chi connectivity index (χ1v) is 21.2. The normalized spacial score (nSPS) is 11.5. The molecule has 0 bridgehead atoms. The third kappa shape index (κ3) is 6.42. The van der Waals surface area contributed by atoms with Crippen molar-refractivity contribution in [1.82, 2.24) is 24.5 Å². The standard InChI is InChI=1S/C58H37N5/c1-2-8-47(9-3-1)63-55-13-7-5-10-48(55)49-26-27-51-56(58(49)63)50-11-4-6-12-52(50)62-57(51)45-24-18-40(19-25-45)46-36-53(43-20-14-38(15-21-43)41-28-32-59-33-29-41)61-54(37-46)44-22-16-39(17-23-44)42-30-34-60-35-31-42/h1-37H. The molecule has 0 aliphatic heterocycles. The molecule has 12 rings (SSSR count). The van der Waals surface area contributed by atoms with Gasteiger partial charge in [0.15, 0.2) is 0 Å². The number of para-hydroxylation sites is 3. The predicted molar refractivity (Wildman–Crippen MR) is 260 cm³/mol. The van der Waals surface area contributed by atoms with Gasteiger partial charge in [0.1, 0.15) is 0 Å². The second-order valence-corrected chi connectivity index (χ2v) is 15.9. The number of nitrogens with zero attached hydrogens (tertiary/aromatic N) is 5. The van der Waals surface area contributed by atoms with Crippen molar-refractivity contribution in [3.05, 3.63) is 225 Å². The summed E-state index contributed by atoms with van der Waals surface area (Å²) in [5, 5.41) is 5.91. The summed E-state index contributed by atoms with van der Waals surface area (Å²) in [4.78, 5) is 19.0. The van der Waals surface area contributed by atoms with Gasteiger partial charge >= 0.3 is 0 Å². The van der Waals surface area contributed by atoms with Crippen LogP contribution in [0.5, 0.6) is 0 Å². The SMILES string of the molecule is c1ccc(-n2c3ccccc3c3ccc4c(-c5ccc(-c6cc(-c7ccc(-c8ccncc8)cc7)nc(-c7ccc(-c8ccncc8)cc7)c6)cc5)nc5ccccc5c4c32)cc1. The molecular formula is C58H37N5. The van der Waals surface area contributed by atoms with Gasteiger partial charge in [-0.05, 0) is 94.0 Å². The second-order valence-electron chi connectivity index (χ2n) is 15.9. The number of fused-ring (bicyclic) bond motifs is 7. The summed E-state index contributed by atoms with van der Waals surface area (Å²) >= 11 is 0. The van der Waals surface area contributed by atoms with Crippen LogP contribution < -0.4 is 0 Å². The van der Waals surface area contributed by atoms with Gasteiger partial charge in [-0.25, -0.2) is 9.97 Å². The first kappa shape index (κ1) is 36.3. The van der Waals surface area contributed by atoms with E-state index < -0.39 is 0 Å². The summed E-state index contributed by atoms with van der Waals surface area (Å²) in [6, 6.07) is 71.2. The number of hydrogen-bond acceptors (Lipinski definition) is 4. The van der Waals surface area contributed by atoms with Crippen LogP contribution in [0.3, 0.4) is 0 Å². The van der Waals surface area contributed by atoms with E-state index in [4.69, 9.17) is 9.97 Å². The van der Waals surface area contributed by atoms with Crippen molar-refractivity contribution < 1.29 is 0 Å². The highest BCUT2D eigenvalue weighted by molar-refractivity contribution is 6.26. The van der Waals surface area contributed by atoms with Crippen molar-refractivity contribution in [3.8, 4) is 72.8 Å². The lowest BCUT2D eigenvalue weighted by Gasteiger charge is -2.15. The molecule has 5 heterocycles. The van der Waals surface area contributed by atoms with Gasteiger partial charge in [-0.3, -0.25) is 9.97 Å². The van der Waals surface area contributed by atoms with Crippen LogP contribution in [0.15, 0.2) is 225 Å². The van der Waals surface area contributed by atoms with Crippen molar-refractivity contribution in [2.45, 2.75) is 0 Å². The van der Waals surface area contributed by atoms with Crippen molar-refractivity contribution in [1.29, 1.82) is 0 Å². The topological polar surface area (TPSA) is 56.5 Å². The van der Waals surface area contributed by atoms with E-state index in [1.807, 2.05) is 49.1 Å². The molecule has 63 heavy (non-hydrogen) atoms. The van der Waals surface area contributed by atoms with Gasteiger partial charge in [-0.1, -0.05) is 140 Å². The Morgan fingerprint density at radius 2 is 0.794 bits per heavy atom. The van der Waals surface area contributed by atoms with E-state index in [0.29, 0.717) is 0 Å². The zero-order valence-electron chi connectivity index (χ0n) is 34.1. The van der Waals surface area contributed by atoms with Crippen LogP contribution in [0.1, 0.15) is 0 Å². The van der Waals surface area contributed by atoms with E-state index in [1.165, 1.54) is 27.2 Å². The number of hydrogen-bond donors (Lipinski definition) is 0. The van der Waals surface area contributed by atoms with Gasteiger partial charge in [-0.2, -0.15) is 0 Å². The lowest BCUT2D eigenvalue weighted by atomic mass is 9.95. The summed E-state index contributed by atoms with van der Waals surface area (Å²) in [5.74, 6) is 0. The lowest BCUT2D eigenvalue weighted by Crippen LogP contribution is -1.96. The molecule has 0 fully saturated rings. The summed E-state index contributed by atoms with van der Waals surface area (Å²) < 4.78 is 2.42. The zero-order valence-corrected chi connectivity index (χ0v) is 34.1. The minimum absolute atomic E-state index is 0.908. The average molecular weight is 804 g/mol. The molecule has 0 radical (unpaired) electrons. The van der Waals surface area contributed by atoms with Crippen LogP contribution >= 0.6 is 0 Å². The van der Waals surface area contributed by atoms with Crippen LogP contribution in [0.25, 0.3) is 116 Å². The molecule has 0 unspecified atom stereocenters. The lowest BCUT2D eigenvalue weighted by molar-refractivity contribution is 1.19. The maximum absolute atomic E-state index is 5.38. The fourth-order valence-electron chi connectivity index (χ4n) is 9.13. The molecule has 5 heteroatoms. The van der Waals surface area contributed by atoms with E-state index in [9.17, 15) is 0 Å². The molecule has 12 aromatic rings. The molecule has 0 saturated carbocycles. The van der Waals surface area contributed by atoms with Crippen molar-refractivity contribution >= 4 is 43.5 Å². The van der Waals surface area contributed by atoms with E-state index in [0.717, 1.165) is 89.1 Å². The van der Waals surface area contributed by atoms with Gasteiger partial charge in [0.05, 0.1) is 33.6 Å². The molecule has 0 saturated heterocycles. The van der Waals surface area contributed by atoms with E-state index in [1.54, 1.807) is 0 Å². The molecule has 5 nitrogen and oxygen atoms in total. The molecular weight excluding hydrogens is 767 g/mol. The summed E-state index contributed by atoms with van der Waals surface area (Å²) in [5.41, 5.74) is 17.1. The Hall–Kier alpha value is -8.54. The van der Waals surface area contributed by atoms with E-state index in [-0.39, 0.29) is 0 Å². The van der Waals surface area contributed by atoms with Gasteiger partial charge in [0, 0.05) is 74.1 Å². The zero-order chi connectivity index (χ0) is 41.7. The highest BCUT2D eigenvalue weighted by Crippen LogP contribution is 2.42. The maximum Gasteiger partial charge on any atom is 0.0788 e. The number of pyridine rings is 4. The average Bonchev–Trinajstić information content (AvgIpc) is 3.71. The minimum atomic E-state index is 0.908. The molecule has 0 aliphatic carbocycles. The molecule has 5 aromatic heterocycles. The fourth-order valence-corrected chi connectivity index (χ4v) is 9.13. The fraction of sp³-hybridized carbons (Fsp3) is 0. The van der Waals surface area contributed by atoms with Gasteiger partial charge in [0.2, 0.25) is 0 Å². The second kappa shape index (κ2) is 15.2. The number of rotatable bonds is 7. The molecule has 0 aliphatic rings. The monoisotopic (exact) mass is 803 g/mol. The number of benzene rings is 7. The molecule has 7 aromatic carbocycles. The Morgan fingerprint density at radius 3 is 1.41 bits per heavy atom. The maximum atomic E-state index is 5.38. The molecule has 0 amide bonds. The molecule has 0 spiro atoms. The van der Waals surface area contributed by atoms with Crippen molar-refractivity contribution in [2.24, 2.45) is 0 Å². The Morgan fingerprint density at radius 1 is 0.317 bits per heavy atom. The van der Waals surface area contributed by atoms with Crippen LogP contribution in [-0.2, 0) is 0 Å². The molecule has 0 atom stereocenters. The quantitative estimate of drug-likeness (QED) is 0.151. The van der Waals surface area contributed by atoms with Crippen molar-refractivity contribution in [3.63, 3.8) is 0 Å². The van der Waals surface area contributed by atoms with Crippen LogP contribution in [0.2, 0.25) is 0 Å². The van der Waals surface area contributed by atoms with Crippen LogP contribution in [0, 0.1) is 0 Å². The van der Waals surface area contributed by atoms with E-state index >= 15 is 0 Å². The Kier molecular flexibility index (Phi) is 8.75. The molecule has 294 valence electrons. The van der Waals surface area contributed by atoms with Crippen LogP contribution in [-0.4, -0.2) is 24.5 Å². The van der Waals surface area contributed by atoms with Crippen molar-refractivity contribution in [2.75, 3.05) is 0 Å². The van der Waals surface area contributed by atoms with Gasteiger partial charge in [-0.15, -0.1) is 0 Å². The Bertz CT molecular complexity index is 3520. The van der Waals surface area contributed by atoms with E-state index in [2.05, 4.69) is 190 Å². The van der Waals surface area contributed by atoms with Gasteiger partial charge in [0.25, 0.3) is 0 Å². The highest BCUT2D eigenvalue weighted by Gasteiger charge is 2.20. The number of aromatic nitrogens is 5. The first-order chi connectivity index (χ1) is 31.2. The smallest absolute Gasteiger partial charge is 0.0788 e. The Labute approximate surface area is 364 Å². The molecule has 0 N–H and O–H groups in total. The minimum Gasteiger partial charge on any atom is -0.309 e. The Balaban J connectivity index is 0.997. The summed E-state index contributed by atoms with van der Waals surface area (Å²) in [6.45, 7) is 0. The highest BCUT2D eigenvalue weighted by atomic mass is 15.0. The van der Waals surface area contributed by atoms with Gasteiger partial charge < -0.3 is 4.57 Å². The third-order valence-electron chi connectivity index (χ3n) is 12.2. The predicted octanol–water partition coefficient (Wildman–Crippen LogP) is 14.7. The largest absolute Gasteiger partial charge is 0.309 e. The first-order valence-electron chi connectivity index (χ1n) is 21.2. The summed E-state index contributed by atoms with van der Waals surface area (Å²) in [6.07, 6.45) is 7.31. The third-order valence-corrected chi connectivity index (χ3v) is 12.2. The summed E-state index contributed by atoms with van der Waals surface area (Å²) in [7, 11) is 0. The van der Waals surface area contributed by atoms with Crippen LogP contribution in [0.4, 0.5) is 0 Å².